The first-order valence-corrected chi connectivity index (χ1v) is 9.74. The monoisotopic (exact) mass is 364 g/mol. The number of nitrogens with two attached hydrogens (primary N) is 1. The molecule has 1 aliphatic heterocycles. The summed E-state index contributed by atoms with van der Waals surface area (Å²) in [6.45, 7) is 0. The van der Waals surface area contributed by atoms with Crippen LogP contribution >= 0.6 is 11.8 Å². The minimum absolute atomic E-state index is 0.0566. The van der Waals surface area contributed by atoms with E-state index >= 15 is 0 Å². The number of aromatic nitrogens is 2. The fourth-order valence-electron chi connectivity index (χ4n) is 3.72. The third-order valence-electron chi connectivity index (χ3n) is 4.97. The Morgan fingerprint density at radius 3 is 2.88 bits per heavy atom. The number of hydrogen-bond donors (Lipinski definition) is 2. The molecule has 2 aliphatic rings. The molecule has 0 amide bonds. The molecule has 1 aromatic heterocycles. The third kappa shape index (κ3) is 3.11. The summed E-state index contributed by atoms with van der Waals surface area (Å²) < 4.78 is 5.65. The molecule has 1 aromatic carbocycles. The Morgan fingerprint density at radius 2 is 2.15 bits per heavy atom. The van der Waals surface area contributed by atoms with E-state index in [1.165, 1.54) is 4.90 Å². The van der Waals surface area contributed by atoms with Gasteiger partial charge in [-0.2, -0.15) is 5.26 Å². The zero-order valence-electron chi connectivity index (χ0n) is 14.3. The van der Waals surface area contributed by atoms with Crippen molar-refractivity contribution in [3.8, 4) is 11.9 Å². The van der Waals surface area contributed by atoms with Crippen LogP contribution in [0.4, 0.5) is 0 Å². The molecule has 1 aliphatic carbocycles. The smallest absolute Gasteiger partial charge is 0.243 e. The molecule has 6 heteroatoms. The molecule has 0 fully saturated rings. The van der Waals surface area contributed by atoms with Gasteiger partial charge in [0.15, 0.2) is 0 Å². The molecule has 0 spiro atoms. The maximum absolute atomic E-state index is 9.70. The number of rotatable bonds is 4. The lowest BCUT2D eigenvalue weighted by Gasteiger charge is -2.31. The second-order valence-electron chi connectivity index (χ2n) is 6.54. The number of nitriles is 1. The van der Waals surface area contributed by atoms with Crippen LogP contribution < -0.4 is 10.5 Å². The van der Waals surface area contributed by atoms with Crippen molar-refractivity contribution < 1.29 is 4.74 Å². The molecule has 5 nitrogen and oxygen atoms in total. The number of hydrogen-bond acceptors (Lipinski definition) is 5. The van der Waals surface area contributed by atoms with Crippen molar-refractivity contribution >= 4 is 11.8 Å². The van der Waals surface area contributed by atoms with E-state index in [1.807, 2.05) is 18.2 Å². The lowest BCUT2D eigenvalue weighted by Crippen LogP contribution is -2.26. The number of allylic oxidation sites excluding steroid dienone is 3. The summed E-state index contributed by atoms with van der Waals surface area (Å²) >= 11 is 1.74. The van der Waals surface area contributed by atoms with Gasteiger partial charge in [0.2, 0.25) is 11.8 Å². The topological polar surface area (TPSA) is 87.7 Å². The molecular formula is C20H20N4OS. The zero-order valence-corrected chi connectivity index (χ0v) is 15.1. The second-order valence-corrected chi connectivity index (χ2v) is 7.59. The van der Waals surface area contributed by atoms with Crippen molar-refractivity contribution in [3.05, 3.63) is 65.2 Å². The molecule has 4 rings (SSSR count). The molecule has 0 bridgehead atoms. The number of nitrogens with zero attached hydrogens (tertiary/aromatic N) is 2. The van der Waals surface area contributed by atoms with E-state index in [0.29, 0.717) is 17.4 Å². The fraction of sp³-hybridized carbons (Fsp3) is 0.300. The molecule has 132 valence electrons. The van der Waals surface area contributed by atoms with Crippen LogP contribution in [-0.4, -0.2) is 10.2 Å². The minimum atomic E-state index is -0.0566. The van der Waals surface area contributed by atoms with Gasteiger partial charge in [-0.3, -0.25) is 5.10 Å². The number of aromatic amines is 1. The van der Waals surface area contributed by atoms with E-state index in [0.717, 1.165) is 36.3 Å². The fourth-order valence-corrected chi connectivity index (χ4v) is 4.60. The van der Waals surface area contributed by atoms with Crippen molar-refractivity contribution in [2.75, 3.05) is 0 Å². The maximum atomic E-state index is 9.70. The van der Waals surface area contributed by atoms with Gasteiger partial charge in [-0.05, 0) is 37.3 Å². The van der Waals surface area contributed by atoms with E-state index < -0.39 is 0 Å². The van der Waals surface area contributed by atoms with Crippen molar-refractivity contribution in [1.82, 2.24) is 10.2 Å². The molecule has 2 aromatic rings. The summed E-state index contributed by atoms with van der Waals surface area (Å²) in [6.07, 6.45) is 7.42. The average Bonchev–Trinajstić information content (AvgIpc) is 3.09. The van der Waals surface area contributed by atoms with Gasteiger partial charge in [0.05, 0.1) is 11.3 Å². The number of fused-ring (bicyclic) bond motifs is 1. The van der Waals surface area contributed by atoms with E-state index in [4.69, 9.17) is 10.5 Å². The maximum Gasteiger partial charge on any atom is 0.243 e. The first kappa shape index (κ1) is 16.8. The predicted octanol–water partition coefficient (Wildman–Crippen LogP) is 4.23. The van der Waals surface area contributed by atoms with Crippen molar-refractivity contribution in [3.63, 3.8) is 0 Å². The average molecular weight is 364 g/mol. The van der Waals surface area contributed by atoms with Crippen LogP contribution in [0.2, 0.25) is 0 Å². The first-order chi connectivity index (χ1) is 12.8. The molecule has 2 unspecified atom stereocenters. The number of thioether (sulfide) groups is 1. The summed E-state index contributed by atoms with van der Waals surface area (Å²) in [5.74, 6) is 1.73. The molecule has 2 atom stereocenters. The molecule has 2 heterocycles. The summed E-state index contributed by atoms with van der Waals surface area (Å²) in [7, 11) is 0. The highest BCUT2D eigenvalue weighted by molar-refractivity contribution is 7.98. The predicted molar refractivity (Wildman–Crippen MR) is 101 cm³/mol. The third-order valence-corrected chi connectivity index (χ3v) is 6.01. The van der Waals surface area contributed by atoms with Crippen molar-refractivity contribution in [1.29, 1.82) is 5.26 Å². The highest BCUT2D eigenvalue weighted by atomic mass is 32.2. The molecule has 0 saturated heterocycles. The summed E-state index contributed by atoms with van der Waals surface area (Å²) in [5, 5.41) is 17.1. The van der Waals surface area contributed by atoms with Gasteiger partial charge in [0, 0.05) is 22.1 Å². The van der Waals surface area contributed by atoms with Crippen LogP contribution in [0.15, 0.2) is 58.8 Å². The van der Waals surface area contributed by atoms with Crippen LogP contribution in [0, 0.1) is 17.2 Å². The minimum Gasteiger partial charge on any atom is -0.420 e. The zero-order chi connectivity index (χ0) is 17.9. The Hall–Kier alpha value is -2.65. The van der Waals surface area contributed by atoms with Gasteiger partial charge in [0.1, 0.15) is 6.07 Å². The van der Waals surface area contributed by atoms with Crippen LogP contribution in [0.5, 0.6) is 5.88 Å². The molecule has 26 heavy (non-hydrogen) atoms. The lowest BCUT2D eigenvalue weighted by atomic mass is 9.74. The van der Waals surface area contributed by atoms with Crippen LogP contribution in [-0.2, 0) is 5.75 Å². The number of nitrogens with one attached hydrogen (secondary N) is 1. The van der Waals surface area contributed by atoms with Crippen LogP contribution in [0.25, 0.3) is 0 Å². The van der Waals surface area contributed by atoms with Gasteiger partial charge in [-0.15, -0.1) is 16.9 Å². The van der Waals surface area contributed by atoms with Gasteiger partial charge >= 0.3 is 0 Å². The van der Waals surface area contributed by atoms with E-state index in [9.17, 15) is 5.26 Å². The largest absolute Gasteiger partial charge is 0.420 e. The quantitative estimate of drug-likeness (QED) is 0.626. The highest BCUT2D eigenvalue weighted by Crippen LogP contribution is 2.47. The molecule has 0 saturated carbocycles. The normalized spacial score (nSPS) is 21.8. The van der Waals surface area contributed by atoms with E-state index in [1.54, 1.807) is 11.8 Å². The first-order valence-electron chi connectivity index (χ1n) is 8.75. The van der Waals surface area contributed by atoms with Gasteiger partial charge in [-0.25, -0.2) is 0 Å². The molecular weight excluding hydrogens is 344 g/mol. The summed E-state index contributed by atoms with van der Waals surface area (Å²) in [6, 6.07) is 12.5. The van der Waals surface area contributed by atoms with Crippen molar-refractivity contribution in [2.45, 2.75) is 35.8 Å². The number of benzene rings is 1. The van der Waals surface area contributed by atoms with Crippen LogP contribution in [0.1, 0.15) is 36.4 Å². The Morgan fingerprint density at radius 1 is 1.31 bits per heavy atom. The summed E-state index contributed by atoms with van der Waals surface area (Å²) in [5.41, 5.74) is 8.57. The van der Waals surface area contributed by atoms with Gasteiger partial charge in [-0.1, -0.05) is 30.4 Å². The lowest BCUT2D eigenvalue weighted by molar-refractivity contribution is 0.339. The number of ether oxygens (including phenoxy) is 1. The Kier molecular flexibility index (Phi) is 4.72. The Bertz CT molecular complexity index is 894. The number of H-pyrrole nitrogens is 1. The van der Waals surface area contributed by atoms with E-state index in [-0.39, 0.29) is 11.8 Å². The van der Waals surface area contributed by atoms with Crippen molar-refractivity contribution in [2.24, 2.45) is 11.7 Å². The Balaban J connectivity index is 1.67. The standard InChI is InChI=1S/C20H20N4OS/c21-11-15-17(13-7-3-1-4-8-13)18-16(23-24-20(18)25-19(15)22)12-26-14-9-5-2-6-10-14/h1-3,5-6,9-10,13,17H,4,7-8,12,22H2,(H,23,24). The van der Waals surface area contributed by atoms with E-state index in [2.05, 4.69) is 40.6 Å². The van der Waals surface area contributed by atoms with Gasteiger partial charge in [0.25, 0.3) is 0 Å². The summed E-state index contributed by atoms with van der Waals surface area (Å²) in [4.78, 5) is 1.19. The SMILES string of the molecule is N#CC1=C(N)Oc2n[nH]c(CSc3ccccc3)c2C1C1CC=CCC1. The highest BCUT2D eigenvalue weighted by Gasteiger charge is 2.38. The molecule has 0 radical (unpaired) electrons. The molecule has 3 N–H and O–H groups in total. The Labute approximate surface area is 156 Å². The second kappa shape index (κ2) is 7.30. The van der Waals surface area contributed by atoms with Crippen LogP contribution in [0.3, 0.4) is 0 Å². The van der Waals surface area contributed by atoms with Gasteiger partial charge < -0.3 is 10.5 Å².